The van der Waals surface area contributed by atoms with E-state index in [1.54, 1.807) is 12.2 Å². The van der Waals surface area contributed by atoms with E-state index < -0.39 is 53.4 Å². The molecule has 1 atom stereocenters. The summed E-state index contributed by atoms with van der Waals surface area (Å²) in [5.74, 6) is -0.761. The molecule has 0 radical (unpaired) electrons. The quantitative estimate of drug-likeness (QED) is 0.631. The lowest BCUT2D eigenvalue weighted by Crippen LogP contribution is -2.51. The van der Waals surface area contributed by atoms with Gasteiger partial charge in [-0.2, -0.15) is 26.3 Å². The molecular weight excluding hydrogens is 422 g/mol. The maximum atomic E-state index is 13.4. The number of rotatable bonds is 4. The predicted molar refractivity (Wildman–Crippen MR) is 92.3 cm³/mol. The average Bonchev–Trinajstić information content (AvgIpc) is 2.60. The zero-order valence-corrected chi connectivity index (χ0v) is 15.5. The van der Waals surface area contributed by atoms with Gasteiger partial charge in [-0.3, -0.25) is 4.98 Å². The van der Waals surface area contributed by atoms with Gasteiger partial charge in [0, 0.05) is 17.5 Å². The minimum atomic E-state index is -5.04. The molecule has 1 unspecified atom stereocenters. The Morgan fingerprint density at radius 1 is 1.23 bits per heavy atom. The molecule has 2 aromatic rings. The summed E-state index contributed by atoms with van der Waals surface area (Å²) in [6.07, 6.45) is -10.3. The predicted octanol–water partition coefficient (Wildman–Crippen LogP) is 3.45. The van der Waals surface area contributed by atoms with Crippen molar-refractivity contribution in [3.63, 3.8) is 0 Å². The smallest absolute Gasteiger partial charge is 0.394 e. The van der Waals surface area contributed by atoms with Crippen LogP contribution >= 0.6 is 0 Å². The van der Waals surface area contributed by atoms with E-state index >= 15 is 0 Å². The van der Waals surface area contributed by atoms with E-state index in [0.29, 0.717) is 18.7 Å². The van der Waals surface area contributed by atoms with Gasteiger partial charge in [0.05, 0.1) is 23.5 Å². The Labute approximate surface area is 165 Å². The van der Waals surface area contributed by atoms with E-state index in [4.69, 9.17) is 5.73 Å². The van der Waals surface area contributed by atoms with Crippen molar-refractivity contribution in [1.82, 2.24) is 15.3 Å². The first kappa shape index (κ1) is 23.2. The molecule has 0 aliphatic heterocycles. The maximum absolute atomic E-state index is 13.4. The number of hydrogen-bond acceptors (Lipinski definition) is 6. The summed E-state index contributed by atoms with van der Waals surface area (Å²) in [4.78, 5) is 19.3. The van der Waals surface area contributed by atoms with Gasteiger partial charge < -0.3 is 20.9 Å². The molecule has 13 heteroatoms. The maximum Gasteiger partial charge on any atom is 0.418 e. The van der Waals surface area contributed by atoms with Gasteiger partial charge in [-0.15, -0.1) is 0 Å². The third kappa shape index (κ3) is 5.28. The molecule has 0 fully saturated rings. The van der Waals surface area contributed by atoms with Crippen molar-refractivity contribution in [3.05, 3.63) is 35.7 Å². The fourth-order valence-electron chi connectivity index (χ4n) is 2.11. The van der Waals surface area contributed by atoms with E-state index in [0.717, 1.165) is 6.20 Å². The van der Waals surface area contributed by atoms with E-state index in [2.05, 4.69) is 14.7 Å². The first-order valence-corrected chi connectivity index (χ1v) is 8.17. The normalized spacial score (nSPS) is 14.2. The number of ether oxygens (including phenoxy) is 1. The number of nitrogen functional groups attached to an aromatic ring is 1. The van der Waals surface area contributed by atoms with Gasteiger partial charge in [-0.05, 0) is 32.0 Å². The number of halogens is 6. The molecular formula is C17H16F6N4O3. The molecule has 30 heavy (non-hydrogen) atoms. The van der Waals surface area contributed by atoms with Gasteiger partial charge in [-0.25, -0.2) is 9.78 Å². The van der Waals surface area contributed by atoms with Crippen molar-refractivity contribution < 1.29 is 41.0 Å². The third-order valence-corrected chi connectivity index (χ3v) is 3.88. The summed E-state index contributed by atoms with van der Waals surface area (Å²) in [6.45, 7) is 0.755. The largest absolute Gasteiger partial charge is 0.418 e. The summed E-state index contributed by atoms with van der Waals surface area (Å²) in [6, 6.07) is 3.22. The first-order chi connectivity index (χ1) is 13.6. The van der Waals surface area contributed by atoms with Crippen molar-refractivity contribution in [2.75, 3.05) is 12.3 Å². The van der Waals surface area contributed by atoms with Gasteiger partial charge >= 0.3 is 18.4 Å². The standard InChI is InChI=1S/C17H16F6N4O3/c1-8-3-4-9(6-25-8)12-10(16(18,19)20)5-11(24)13(27-12)30-14(28)26-7-15(2,29)17(21,22)23/h3-6,29H,7,24H2,1-2H3,(H,26,28). The SMILES string of the molecule is Cc1ccc(-c2nc(OC(=O)NCC(C)(O)C(F)(F)F)c(N)cc2C(F)(F)F)cn1. The van der Waals surface area contributed by atoms with Gasteiger partial charge in [-0.1, -0.05) is 0 Å². The van der Waals surface area contributed by atoms with Crippen LogP contribution in [0, 0.1) is 6.92 Å². The summed E-state index contributed by atoms with van der Waals surface area (Å²) >= 11 is 0. The van der Waals surface area contributed by atoms with Crippen LogP contribution in [0.1, 0.15) is 18.2 Å². The number of alkyl halides is 6. The van der Waals surface area contributed by atoms with Crippen molar-refractivity contribution in [1.29, 1.82) is 0 Å². The van der Waals surface area contributed by atoms with Crippen molar-refractivity contribution in [3.8, 4) is 17.1 Å². The molecule has 0 saturated carbocycles. The Balaban J connectivity index is 2.34. The number of nitrogens with zero attached hydrogens (tertiary/aromatic N) is 2. The fourth-order valence-corrected chi connectivity index (χ4v) is 2.11. The second-order valence-corrected chi connectivity index (χ2v) is 6.48. The van der Waals surface area contributed by atoms with Crippen LogP contribution in [0.3, 0.4) is 0 Å². The van der Waals surface area contributed by atoms with Crippen molar-refractivity contribution >= 4 is 11.8 Å². The van der Waals surface area contributed by atoms with Crippen LogP contribution in [0.4, 0.5) is 36.8 Å². The molecule has 0 aliphatic rings. The number of carbonyl (C=O) groups is 1. The Kier molecular flexibility index (Phi) is 6.16. The molecule has 0 aliphatic carbocycles. The Morgan fingerprint density at radius 3 is 2.37 bits per heavy atom. The third-order valence-electron chi connectivity index (χ3n) is 3.88. The lowest BCUT2D eigenvalue weighted by Gasteiger charge is -2.26. The van der Waals surface area contributed by atoms with Crippen LogP contribution in [0.2, 0.25) is 0 Å². The number of amides is 1. The number of nitrogens with one attached hydrogen (secondary N) is 1. The molecule has 4 N–H and O–H groups in total. The highest BCUT2D eigenvalue weighted by Crippen LogP contribution is 2.39. The zero-order chi connectivity index (χ0) is 22.9. The molecule has 2 heterocycles. The van der Waals surface area contributed by atoms with E-state index in [1.165, 1.54) is 12.1 Å². The molecule has 0 spiro atoms. The summed E-state index contributed by atoms with van der Waals surface area (Å²) in [5.41, 5.74) is 0.137. The molecule has 2 rings (SSSR count). The van der Waals surface area contributed by atoms with E-state index in [9.17, 15) is 36.2 Å². The fraction of sp³-hybridized carbons (Fsp3) is 0.353. The van der Waals surface area contributed by atoms with Crippen LogP contribution in [0.5, 0.6) is 5.88 Å². The summed E-state index contributed by atoms with van der Waals surface area (Å²) in [7, 11) is 0. The second-order valence-electron chi connectivity index (χ2n) is 6.48. The number of aliphatic hydroxyl groups is 1. The monoisotopic (exact) mass is 438 g/mol. The molecule has 164 valence electrons. The topological polar surface area (TPSA) is 110 Å². The average molecular weight is 438 g/mol. The number of pyridine rings is 2. The van der Waals surface area contributed by atoms with Crippen molar-refractivity contribution in [2.24, 2.45) is 0 Å². The van der Waals surface area contributed by atoms with Crippen LogP contribution in [0.15, 0.2) is 24.4 Å². The number of anilines is 1. The van der Waals surface area contributed by atoms with Gasteiger partial charge in [0.2, 0.25) is 5.88 Å². The second kappa shape index (κ2) is 7.97. The highest BCUT2D eigenvalue weighted by Gasteiger charge is 2.50. The number of aromatic nitrogens is 2. The van der Waals surface area contributed by atoms with Crippen LogP contribution in [-0.2, 0) is 6.18 Å². The van der Waals surface area contributed by atoms with Crippen molar-refractivity contribution in [2.45, 2.75) is 31.8 Å². The number of carbonyl (C=O) groups excluding carboxylic acids is 1. The van der Waals surface area contributed by atoms with Crippen LogP contribution in [-0.4, -0.2) is 39.5 Å². The van der Waals surface area contributed by atoms with Gasteiger partial charge in [0.25, 0.3) is 0 Å². The molecule has 0 bridgehead atoms. The Morgan fingerprint density at radius 2 is 1.87 bits per heavy atom. The number of hydrogen-bond donors (Lipinski definition) is 3. The molecule has 0 saturated heterocycles. The minimum absolute atomic E-state index is 0.0572. The first-order valence-electron chi connectivity index (χ1n) is 8.17. The highest BCUT2D eigenvalue weighted by atomic mass is 19.4. The lowest BCUT2D eigenvalue weighted by molar-refractivity contribution is -0.249. The van der Waals surface area contributed by atoms with Gasteiger partial charge in [0.1, 0.15) is 0 Å². The van der Waals surface area contributed by atoms with Gasteiger partial charge in [0.15, 0.2) is 5.60 Å². The molecule has 2 aromatic heterocycles. The lowest BCUT2D eigenvalue weighted by atomic mass is 10.1. The van der Waals surface area contributed by atoms with E-state index in [-0.39, 0.29) is 5.56 Å². The van der Waals surface area contributed by atoms with E-state index in [1.807, 2.05) is 0 Å². The molecule has 1 amide bonds. The summed E-state index contributed by atoms with van der Waals surface area (Å²) in [5, 5.41) is 10.9. The Hall–Kier alpha value is -3.09. The van der Waals surface area contributed by atoms with Crippen LogP contribution in [0.25, 0.3) is 11.3 Å². The number of aryl methyl sites for hydroxylation is 1. The minimum Gasteiger partial charge on any atom is -0.394 e. The molecule has 7 nitrogen and oxygen atoms in total. The summed E-state index contributed by atoms with van der Waals surface area (Å²) < 4.78 is 82.6. The highest BCUT2D eigenvalue weighted by molar-refractivity contribution is 5.74. The van der Waals surface area contributed by atoms with Crippen LogP contribution < -0.4 is 15.8 Å². The Bertz CT molecular complexity index is 927. The number of nitrogens with two attached hydrogens (primary N) is 1. The zero-order valence-electron chi connectivity index (χ0n) is 15.5. The molecule has 0 aromatic carbocycles.